The first-order valence-corrected chi connectivity index (χ1v) is 9.32. The Bertz CT molecular complexity index is 802. The number of aromatic nitrogens is 1. The molecule has 2 aromatic rings. The Morgan fingerprint density at radius 1 is 1.36 bits per heavy atom. The maximum atomic E-state index is 13.9. The van der Waals surface area contributed by atoms with E-state index in [9.17, 15) is 9.18 Å². The molecule has 1 N–H and O–H groups in total. The van der Waals surface area contributed by atoms with Gasteiger partial charge in [0, 0.05) is 35.9 Å². The lowest BCUT2D eigenvalue weighted by molar-refractivity contribution is -0.121. The van der Waals surface area contributed by atoms with E-state index in [2.05, 4.69) is 10.2 Å². The van der Waals surface area contributed by atoms with E-state index >= 15 is 0 Å². The predicted molar refractivity (Wildman–Crippen MR) is 94.8 cm³/mol. The van der Waals surface area contributed by atoms with Crippen molar-refractivity contribution >= 4 is 22.4 Å². The molecule has 1 atom stereocenters. The molecule has 132 valence electrons. The summed E-state index contributed by atoms with van der Waals surface area (Å²) in [5, 5.41) is 3.91. The summed E-state index contributed by atoms with van der Waals surface area (Å²) in [5.41, 5.74) is 1.59. The van der Waals surface area contributed by atoms with Gasteiger partial charge in [-0.3, -0.25) is 4.79 Å². The molecule has 5 nitrogen and oxygen atoms in total. The van der Waals surface area contributed by atoms with Crippen LogP contribution in [0.3, 0.4) is 0 Å². The number of rotatable bonds is 3. The summed E-state index contributed by atoms with van der Waals surface area (Å²) in [7, 11) is 1.57. The second-order valence-corrected chi connectivity index (χ2v) is 7.43. The molecule has 7 heteroatoms. The van der Waals surface area contributed by atoms with Crippen LogP contribution in [0.1, 0.15) is 41.3 Å². The van der Waals surface area contributed by atoms with Gasteiger partial charge in [0.15, 0.2) is 5.13 Å². The number of methoxy groups -OCH3 is 1. The number of carbonyl (C=O) groups excluding carboxylic acids is 1. The second kappa shape index (κ2) is 6.63. The standard InChI is InChI=1S/C18H20FN3O2S/c1-24-15-5-4-11(19)8-12(15)13-9-16(23)20-10-14-17(13)25-18(21-14)22-6-2-3-7-22/h4-5,8,13H,2-3,6-7,9-10H2,1H3,(H,20,23). The summed E-state index contributed by atoms with van der Waals surface area (Å²) in [6, 6.07) is 4.47. The van der Waals surface area contributed by atoms with E-state index in [1.807, 2.05) is 0 Å². The van der Waals surface area contributed by atoms with Gasteiger partial charge in [-0.15, -0.1) is 11.3 Å². The summed E-state index contributed by atoms with van der Waals surface area (Å²) in [5.74, 6) is -0.0179. The van der Waals surface area contributed by atoms with Crippen molar-refractivity contribution in [1.29, 1.82) is 0 Å². The number of amides is 1. The topological polar surface area (TPSA) is 54.5 Å². The first-order chi connectivity index (χ1) is 12.2. The van der Waals surface area contributed by atoms with Gasteiger partial charge in [-0.25, -0.2) is 9.37 Å². The molecule has 4 rings (SSSR count). The van der Waals surface area contributed by atoms with Crippen LogP contribution in [0.15, 0.2) is 18.2 Å². The predicted octanol–water partition coefficient (Wildman–Crippen LogP) is 3.04. The van der Waals surface area contributed by atoms with Gasteiger partial charge in [-0.1, -0.05) is 0 Å². The van der Waals surface area contributed by atoms with Crippen molar-refractivity contribution in [2.75, 3.05) is 25.1 Å². The van der Waals surface area contributed by atoms with Crippen LogP contribution in [-0.2, 0) is 11.3 Å². The molecular weight excluding hydrogens is 341 g/mol. The minimum atomic E-state index is -0.328. The normalized spacial score (nSPS) is 20.2. The molecule has 3 heterocycles. The Hall–Kier alpha value is -2.15. The largest absolute Gasteiger partial charge is 0.496 e. The third-order valence-electron chi connectivity index (χ3n) is 4.82. The van der Waals surface area contributed by atoms with E-state index in [-0.39, 0.29) is 24.1 Å². The molecular formula is C18H20FN3O2S. The molecule has 0 spiro atoms. The van der Waals surface area contributed by atoms with Gasteiger partial charge in [0.25, 0.3) is 0 Å². The zero-order valence-electron chi connectivity index (χ0n) is 14.0. The highest BCUT2D eigenvalue weighted by atomic mass is 32.1. The van der Waals surface area contributed by atoms with Gasteiger partial charge >= 0.3 is 0 Å². The van der Waals surface area contributed by atoms with E-state index in [4.69, 9.17) is 9.72 Å². The number of nitrogens with zero attached hydrogens (tertiary/aromatic N) is 2. The van der Waals surface area contributed by atoms with Crippen molar-refractivity contribution < 1.29 is 13.9 Å². The fourth-order valence-corrected chi connectivity index (χ4v) is 4.81. The van der Waals surface area contributed by atoms with E-state index in [1.54, 1.807) is 24.5 Å². The number of benzene rings is 1. The van der Waals surface area contributed by atoms with Crippen LogP contribution in [0.4, 0.5) is 9.52 Å². The fourth-order valence-electron chi connectivity index (χ4n) is 3.55. The SMILES string of the molecule is COc1ccc(F)cc1C1CC(=O)NCc2nc(N3CCCC3)sc21. The van der Waals surface area contributed by atoms with E-state index < -0.39 is 0 Å². The molecule has 0 bridgehead atoms. The number of hydrogen-bond acceptors (Lipinski definition) is 5. The van der Waals surface area contributed by atoms with Gasteiger partial charge in [0.05, 0.1) is 19.3 Å². The van der Waals surface area contributed by atoms with Crippen molar-refractivity contribution in [3.8, 4) is 5.75 Å². The lowest BCUT2D eigenvalue weighted by Gasteiger charge is -2.17. The molecule has 0 aliphatic carbocycles. The van der Waals surface area contributed by atoms with Crippen LogP contribution in [-0.4, -0.2) is 31.1 Å². The number of halogens is 1. The lowest BCUT2D eigenvalue weighted by atomic mass is 9.92. The summed E-state index contributed by atoms with van der Waals surface area (Å²) < 4.78 is 19.3. The van der Waals surface area contributed by atoms with Crippen LogP contribution in [0.5, 0.6) is 5.75 Å². The second-order valence-electron chi connectivity index (χ2n) is 6.42. The third-order valence-corrected chi connectivity index (χ3v) is 6.09. The summed E-state index contributed by atoms with van der Waals surface area (Å²) >= 11 is 1.62. The molecule has 1 aromatic heterocycles. The van der Waals surface area contributed by atoms with Crippen LogP contribution < -0.4 is 15.0 Å². The minimum Gasteiger partial charge on any atom is -0.496 e. The molecule has 1 aromatic carbocycles. The number of carbonyl (C=O) groups is 1. The fraction of sp³-hybridized carbons (Fsp3) is 0.444. The highest BCUT2D eigenvalue weighted by Crippen LogP contribution is 2.42. The van der Waals surface area contributed by atoms with E-state index in [1.165, 1.54) is 25.0 Å². The number of fused-ring (bicyclic) bond motifs is 1. The molecule has 0 radical (unpaired) electrons. The van der Waals surface area contributed by atoms with Crippen LogP contribution in [0.2, 0.25) is 0 Å². The van der Waals surface area contributed by atoms with E-state index in [0.29, 0.717) is 17.9 Å². The average Bonchev–Trinajstić information content (AvgIpc) is 3.25. The first-order valence-electron chi connectivity index (χ1n) is 8.50. The zero-order chi connectivity index (χ0) is 17.4. The minimum absolute atomic E-state index is 0.0516. The highest BCUT2D eigenvalue weighted by Gasteiger charge is 2.31. The van der Waals surface area contributed by atoms with Crippen molar-refractivity contribution in [3.63, 3.8) is 0 Å². The van der Waals surface area contributed by atoms with Gasteiger partial charge in [0.1, 0.15) is 11.6 Å². The number of hydrogen-bond donors (Lipinski definition) is 1. The molecule has 25 heavy (non-hydrogen) atoms. The number of ether oxygens (including phenoxy) is 1. The maximum absolute atomic E-state index is 13.9. The average molecular weight is 361 g/mol. The highest BCUT2D eigenvalue weighted by molar-refractivity contribution is 7.15. The van der Waals surface area contributed by atoms with Crippen LogP contribution in [0, 0.1) is 5.82 Å². The van der Waals surface area contributed by atoms with Gasteiger partial charge in [-0.05, 0) is 31.0 Å². The number of nitrogens with one attached hydrogen (secondary N) is 1. The quantitative estimate of drug-likeness (QED) is 0.913. The molecule has 2 aliphatic heterocycles. The van der Waals surface area contributed by atoms with Gasteiger partial charge in [0.2, 0.25) is 5.91 Å². The lowest BCUT2D eigenvalue weighted by Crippen LogP contribution is -2.22. The molecule has 1 fully saturated rings. The van der Waals surface area contributed by atoms with Crippen molar-refractivity contribution in [2.45, 2.75) is 31.7 Å². The monoisotopic (exact) mass is 361 g/mol. The summed E-state index contributed by atoms with van der Waals surface area (Å²) in [4.78, 5) is 20.3. The molecule has 1 unspecified atom stereocenters. The van der Waals surface area contributed by atoms with Crippen molar-refractivity contribution in [3.05, 3.63) is 40.2 Å². The Labute approximate surface area is 149 Å². The van der Waals surface area contributed by atoms with Gasteiger partial charge in [-0.2, -0.15) is 0 Å². The summed E-state index contributed by atoms with van der Waals surface area (Å²) in [6.45, 7) is 2.46. The van der Waals surface area contributed by atoms with Gasteiger partial charge < -0.3 is 15.0 Å². The Kier molecular flexibility index (Phi) is 4.33. The van der Waals surface area contributed by atoms with Crippen molar-refractivity contribution in [1.82, 2.24) is 10.3 Å². The third kappa shape index (κ3) is 3.08. The van der Waals surface area contributed by atoms with Crippen LogP contribution in [0.25, 0.3) is 0 Å². The Balaban J connectivity index is 1.79. The van der Waals surface area contributed by atoms with Crippen LogP contribution >= 0.6 is 11.3 Å². The first kappa shape index (κ1) is 16.3. The maximum Gasteiger partial charge on any atom is 0.221 e. The van der Waals surface area contributed by atoms with Crippen molar-refractivity contribution in [2.24, 2.45) is 0 Å². The number of anilines is 1. The smallest absolute Gasteiger partial charge is 0.221 e. The molecule has 2 aliphatic rings. The Morgan fingerprint density at radius 2 is 2.16 bits per heavy atom. The molecule has 0 saturated carbocycles. The Morgan fingerprint density at radius 3 is 2.92 bits per heavy atom. The number of thiazole rings is 1. The molecule has 1 saturated heterocycles. The van der Waals surface area contributed by atoms with E-state index in [0.717, 1.165) is 28.8 Å². The molecule has 1 amide bonds. The summed E-state index contributed by atoms with van der Waals surface area (Å²) in [6.07, 6.45) is 2.64. The zero-order valence-corrected chi connectivity index (χ0v) is 14.9.